The Hall–Kier alpha value is -2.23. The third-order valence-electron chi connectivity index (χ3n) is 2.28. The molecule has 1 aromatic carbocycles. The first-order chi connectivity index (χ1) is 7.58. The summed E-state index contributed by atoms with van der Waals surface area (Å²) in [6.07, 6.45) is 0. The Morgan fingerprint density at radius 2 is 2.06 bits per heavy atom. The van der Waals surface area contributed by atoms with Crippen LogP contribution < -0.4 is 0 Å². The maximum absolute atomic E-state index is 10.8. The van der Waals surface area contributed by atoms with Crippen molar-refractivity contribution in [1.29, 1.82) is 0 Å². The van der Waals surface area contributed by atoms with Gasteiger partial charge in [-0.2, -0.15) is 0 Å². The van der Waals surface area contributed by atoms with Crippen LogP contribution in [0.25, 0.3) is 11.3 Å². The smallest absolute Gasteiger partial charge is 0.339 e. The number of phenolic OH excluding ortho intramolecular Hbond substituents is 1. The van der Waals surface area contributed by atoms with Crippen LogP contribution in [0.15, 0.2) is 34.7 Å². The van der Waals surface area contributed by atoms with Crippen molar-refractivity contribution in [3.63, 3.8) is 0 Å². The van der Waals surface area contributed by atoms with Crippen LogP contribution >= 0.6 is 0 Å². The molecule has 82 valence electrons. The second kappa shape index (κ2) is 3.73. The second-order valence-electron chi connectivity index (χ2n) is 3.44. The molecule has 4 nitrogen and oxygen atoms in total. The van der Waals surface area contributed by atoms with Gasteiger partial charge >= 0.3 is 5.97 Å². The fraction of sp³-hybridized carbons (Fsp3) is 0.0833. The summed E-state index contributed by atoms with van der Waals surface area (Å²) in [4.78, 5) is 10.8. The molecule has 1 heterocycles. The molecule has 2 rings (SSSR count). The average molecular weight is 218 g/mol. The van der Waals surface area contributed by atoms with Crippen molar-refractivity contribution in [2.45, 2.75) is 6.92 Å². The Balaban J connectivity index is 2.49. The number of hydrogen-bond acceptors (Lipinski definition) is 3. The summed E-state index contributed by atoms with van der Waals surface area (Å²) in [5.41, 5.74) is 0.786. The Kier molecular flexibility index (Phi) is 2.40. The number of furan rings is 1. The third-order valence-corrected chi connectivity index (χ3v) is 2.28. The van der Waals surface area contributed by atoms with E-state index < -0.39 is 5.97 Å². The van der Waals surface area contributed by atoms with E-state index in [4.69, 9.17) is 9.52 Å². The third kappa shape index (κ3) is 1.77. The van der Waals surface area contributed by atoms with Gasteiger partial charge in [0.05, 0.1) is 0 Å². The molecule has 0 aliphatic heterocycles. The van der Waals surface area contributed by atoms with Crippen LogP contribution in [-0.2, 0) is 0 Å². The van der Waals surface area contributed by atoms with Crippen LogP contribution in [0.3, 0.4) is 0 Å². The molecule has 0 aliphatic carbocycles. The van der Waals surface area contributed by atoms with Crippen molar-refractivity contribution < 1.29 is 19.4 Å². The van der Waals surface area contributed by atoms with Crippen molar-refractivity contribution in [3.05, 3.63) is 41.7 Å². The number of carbonyl (C=O) groups is 1. The summed E-state index contributed by atoms with van der Waals surface area (Å²) in [5, 5.41) is 18.2. The van der Waals surface area contributed by atoms with Gasteiger partial charge in [-0.15, -0.1) is 0 Å². The molecule has 0 saturated heterocycles. The second-order valence-corrected chi connectivity index (χ2v) is 3.44. The molecule has 0 aliphatic rings. The molecule has 0 amide bonds. The van der Waals surface area contributed by atoms with Gasteiger partial charge in [-0.1, -0.05) is 12.1 Å². The van der Waals surface area contributed by atoms with E-state index in [1.54, 1.807) is 19.1 Å². The molecule has 2 N–H and O–H groups in total. The first-order valence-electron chi connectivity index (χ1n) is 4.71. The van der Waals surface area contributed by atoms with E-state index in [1.807, 2.05) is 0 Å². The minimum Gasteiger partial charge on any atom is -0.508 e. The fourth-order valence-corrected chi connectivity index (χ4v) is 1.50. The van der Waals surface area contributed by atoms with Crippen molar-refractivity contribution in [3.8, 4) is 17.1 Å². The van der Waals surface area contributed by atoms with E-state index in [9.17, 15) is 9.90 Å². The van der Waals surface area contributed by atoms with Crippen LogP contribution in [0, 0.1) is 6.92 Å². The van der Waals surface area contributed by atoms with Crippen molar-refractivity contribution >= 4 is 5.97 Å². The number of rotatable bonds is 2. The Morgan fingerprint density at radius 1 is 1.31 bits per heavy atom. The van der Waals surface area contributed by atoms with Gasteiger partial charge in [-0.25, -0.2) is 4.79 Å². The molecule has 0 unspecified atom stereocenters. The minimum absolute atomic E-state index is 0.114. The molecule has 16 heavy (non-hydrogen) atoms. The summed E-state index contributed by atoms with van der Waals surface area (Å²) < 4.78 is 5.33. The first-order valence-corrected chi connectivity index (χ1v) is 4.71. The van der Waals surface area contributed by atoms with E-state index in [-0.39, 0.29) is 11.3 Å². The Morgan fingerprint density at radius 3 is 2.62 bits per heavy atom. The van der Waals surface area contributed by atoms with E-state index in [0.717, 1.165) is 0 Å². The molecular formula is C12H10O4. The average Bonchev–Trinajstić information content (AvgIpc) is 2.60. The van der Waals surface area contributed by atoms with Crippen molar-refractivity contribution in [1.82, 2.24) is 0 Å². The number of aromatic hydroxyl groups is 1. The number of carboxylic acids is 1. The highest BCUT2D eigenvalue weighted by atomic mass is 16.4. The Labute approximate surface area is 91.8 Å². The minimum atomic E-state index is -1.02. The summed E-state index contributed by atoms with van der Waals surface area (Å²) in [6, 6.07) is 7.92. The van der Waals surface area contributed by atoms with Gasteiger partial charge in [-0.05, 0) is 25.1 Å². The maximum atomic E-state index is 10.8. The SMILES string of the molecule is Cc1oc(-c2cccc(O)c2)cc1C(=O)O. The molecule has 0 radical (unpaired) electrons. The highest BCUT2D eigenvalue weighted by Gasteiger charge is 2.14. The van der Waals surface area contributed by atoms with E-state index in [0.29, 0.717) is 17.1 Å². The number of phenols is 1. The van der Waals surface area contributed by atoms with Gasteiger partial charge in [0, 0.05) is 5.56 Å². The first kappa shape index (κ1) is 10.3. The maximum Gasteiger partial charge on any atom is 0.339 e. The molecular weight excluding hydrogens is 208 g/mol. The monoisotopic (exact) mass is 218 g/mol. The number of aryl methyl sites for hydroxylation is 1. The molecule has 0 atom stereocenters. The molecule has 0 fully saturated rings. The van der Waals surface area contributed by atoms with Gasteiger partial charge in [0.2, 0.25) is 0 Å². The zero-order chi connectivity index (χ0) is 11.7. The Bertz CT molecular complexity index is 540. The number of carboxylic acid groups (broad SMARTS) is 1. The van der Waals surface area contributed by atoms with Crippen molar-refractivity contribution in [2.24, 2.45) is 0 Å². The zero-order valence-corrected chi connectivity index (χ0v) is 8.60. The molecule has 0 bridgehead atoms. The largest absolute Gasteiger partial charge is 0.508 e. The van der Waals surface area contributed by atoms with Gasteiger partial charge in [0.25, 0.3) is 0 Å². The van der Waals surface area contributed by atoms with E-state index >= 15 is 0 Å². The lowest BCUT2D eigenvalue weighted by molar-refractivity contribution is 0.0695. The zero-order valence-electron chi connectivity index (χ0n) is 8.60. The highest BCUT2D eigenvalue weighted by molar-refractivity contribution is 5.90. The van der Waals surface area contributed by atoms with E-state index in [2.05, 4.69) is 0 Å². The van der Waals surface area contributed by atoms with E-state index in [1.165, 1.54) is 18.2 Å². The topological polar surface area (TPSA) is 70.7 Å². The van der Waals surface area contributed by atoms with Crippen molar-refractivity contribution in [2.75, 3.05) is 0 Å². The summed E-state index contributed by atoms with van der Waals surface area (Å²) >= 11 is 0. The predicted octanol–water partition coefficient (Wildman–Crippen LogP) is 2.66. The molecule has 2 aromatic rings. The van der Waals surface area contributed by atoms with Gasteiger partial charge in [0.1, 0.15) is 22.8 Å². The molecule has 0 spiro atoms. The van der Waals surface area contributed by atoms with Gasteiger partial charge in [0.15, 0.2) is 0 Å². The lowest BCUT2D eigenvalue weighted by Crippen LogP contribution is -1.94. The fourth-order valence-electron chi connectivity index (χ4n) is 1.50. The standard InChI is InChI=1S/C12H10O4/c1-7-10(12(14)15)6-11(16-7)8-3-2-4-9(13)5-8/h2-6,13H,1H3,(H,14,15). The predicted molar refractivity (Wildman–Crippen MR) is 57.5 cm³/mol. The van der Waals surface area contributed by atoms with Gasteiger partial charge < -0.3 is 14.6 Å². The summed E-state index contributed by atoms with van der Waals surface area (Å²) in [7, 11) is 0. The summed E-state index contributed by atoms with van der Waals surface area (Å²) in [5.74, 6) is -0.118. The van der Waals surface area contributed by atoms with Crippen LogP contribution in [0.5, 0.6) is 5.75 Å². The number of benzene rings is 1. The van der Waals surface area contributed by atoms with Crippen LogP contribution in [0.2, 0.25) is 0 Å². The van der Waals surface area contributed by atoms with Crippen LogP contribution in [0.4, 0.5) is 0 Å². The molecule has 4 heteroatoms. The lowest BCUT2D eigenvalue weighted by Gasteiger charge is -1.96. The normalized spacial score (nSPS) is 10.3. The summed E-state index contributed by atoms with van der Waals surface area (Å²) in [6.45, 7) is 1.59. The number of aromatic carboxylic acids is 1. The number of hydrogen-bond donors (Lipinski definition) is 2. The van der Waals surface area contributed by atoms with Crippen LogP contribution in [-0.4, -0.2) is 16.2 Å². The van der Waals surface area contributed by atoms with Gasteiger partial charge in [-0.3, -0.25) is 0 Å². The quantitative estimate of drug-likeness (QED) is 0.812. The lowest BCUT2D eigenvalue weighted by atomic mass is 10.1. The molecule has 0 saturated carbocycles. The van der Waals surface area contributed by atoms with Crippen LogP contribution in [0.1, 0.15) is 16.1 Å². The highest BCUT2D eigenvalue weighted by Crippen LogP contribution is 2.27. The molecule has 1 aromatic heterocycles.